The Morgan fingerprint density at radius 2 is 1.86 bits per heavy atom. The Balaban J connectivity index is 2.26. The van der Waals surface area contributed by atoms with Gasteiger partial charge in [0.25, 0.3) is 0 Å². The van der Waals surface area contributed by atoms with Gasteiger partial charge in [-0.15, -0.1) is 0 Å². The first-order valence-electron chi connectivity index (χ1n) is 9.08. The van der Waals surface area contributed by atoms with E-state index in [0.717, 1.165) is 0 Å². The highest BCUT2D eigenvalue weighted by atomic mass is 32.1. The largest absolute Gasteiger partial charge is 0.478 e. The first kappa shape index (κ1) is 22.9. The molecule has 8 nitrogen and oxygen atoms in total. The Morgan fingerprint density at radius 3 is 2.39 bits per heavy atom. The van der Waals surface area contributed by atoms with Gasteiger partial charge in [-0.3, -0.25) is 13.8 Å². The molecule has 0 spiro atoms. The average molecular weight is 430 g/mol. The van der Waals surface area contributed by atoms with Crippen molar-refractivity contribution in [3.05, 3.63) is 29.8 Å². The van der Waals surface area contributed by atoms with Gasteiger partial charge in [0, 0.05) is 17.5 Å². The van der Waals surface area contributed by atoms with E-state index in [9.17, 15) is 14.2 Å². The molecular weight excluding hydrogens is 403 g/mol. The lowest BCUT2D eigenvalue weighted by Gasteiger charge is -2.32. The van der Waals surface area contributed by atoms with Crippen molar-refractivity contribution < 1.29 is 28.3 Å². The van der Waals surface area contributed by atoms with Crippen molar-refractivity contribution in [2.45, 2.75) is 57.6 Å². The van der Waals surface area contributed by atoms with Crippen LogP contribution in [0.4, 0.5) is 5.69 Å². The summed E-state index contributed by atoms with van der Waals surface area (Å²) < 4.78 is 26.2. The lowest BCUT2D eigenvalue weighted by atomic mass is 10.1. The number of carbonyl (C=O) groups is 2. The number of rotatable bonds is 8. The number of aromatic carboxylic acids is 1. The highest BCUT2D eigenvalue weighted by molar-refractivity contribution is 7.81. The minimum atomic E-state index is -3.73. The summed E-state index contributed by atoms with van der Waals surface area (Å²) in [6, 6.07) is 5.16. The van der Waals surface area contributed by atoms with E-state index in [1.807, 2.05) is 0 Å². The number of hydrogen-bond acceptors (Lipinski definition) is 6. The van der Waals surface area contributed by atoms with Crippen molar-refractivity contribution in [3.8, 4) is 0 Å². The maximum Gasteiger partial charge on any atom is 0.409 e. The molecule has 0 bridgehead atoms. The van der Waals surface area contributed by atoms with Gasteiger partial charge in [-0.2, -0.15) is 17.3 Å². The molecule has 2 rings (SSSR count). The quantitative estimate of drug-likeness (QED) is 0.427. The minimum Gasteiger partial charge on any atom is -0.478 e. The van der Waals surface area contributed by atoms with E-state index in [2.05, 4.69) is 17.9 Å². The van der Waals surface area contributed by atoms with Crippen LogP contribution in [0, 0.1) is 0 Å². The number of hydrogen-bond donors (Lipinski definition) is 3. The fraction of sp³-hybridized carbons (Fsp3) is 0.556. The van der Waals surface area contributed by atoms with Crippen LogP contribution in [-0.4, -0.2) is 51.7 Å². The molecule has 1 fully saturated rings. The van der Waals surface area contributed by atoms with Crippen molar-refractivity contribution in [2.24, 2.45) is 0 Å². The van der Waals surface area contributed by atoms with Gasteiger partial charge in [0.2, 0.25) is 5.91 Å². The molecule has 0 saturated carbocycles. The van der Waals surface area contributed by atoms with Crippen LogP contribution in [-0.2, 0) is 18.4 Å². The number of nitrogens with one attached hydrogen (secondary N) is 1. The Labute approximate surface area is 170 Å². The van der Waals surface area contributed by atoms with Crippen molar-refractivity contribution in [1.82, 2.24) is 4.67 Å². The summed E-state index contributed by atoms with van der Waals surface area (Å²) in [5.74, 6) is -1.51. The minimum absolute atomic E-state index is 0.0603. The SMILES string of the molecule is CC(C)OP(=O)(OC(C)C)N1C[C@@H](S)C[C@H]1C(=O)Nc1cccc(C(=O)O)c1. The van der Waals surface area contributed by atoms with E-state index in [4.69, 9.17) is 14.2 Å². The fourth-order valence-electron chi connectivity index (χ4n) is 2.94. The second-order valence-corrected chi connectivity index (χ2v) is 9.78. The second-order valence-electron chi connectivity index (χ2n) is 7.18. The van der Waals surface area contributed by atoms with Gasteiger partial charge in [-0.25, -0.2) is 9.36 Å². The molecule has 2 atom stereocenters. The highest BCUT2D eigenvalue weighted by Crippen LogP contribution is 2.57. The topological polar surface area (TPSA) is 105 Å². The molecule has 2 N–H and O–H groups in total. The lowest BCUT2D eigenvalue weighted by molar-refractivity contribution is -0.119. The predicted molar refractivity (Wildman–Crippen MR) is 110 cm³/mol. The van der Waals surface area contributed by atoms with Crippen LogP contribution in [0.25, 0.3) is 0 Å². The van der Waals surface area contributed by atoms with Crippen molar-refractivity contribution in [2.75, 3.05) is 11.9 Å². The molecule has 1 aromatic carbocycles. The van der Waals surface area contributed by atoms with Crippen molar-refractivity contribution >= 4 is 37.9 Å². The highest BCUT2D eigenvalue weighted by Gasteiger charge is 2.48. The molecule has 1 saturated heterocycles. The molecular formula is C18H27N2O6PS. The van der Waals surface area contributed by atoms with E-state index < -0.39 is 25.7 Å². The normalized spacial score (nSPS) is 20.7. The zero-order valence-corrected chi connectivity index (χ0v) is 18.2. The van der Waals surface area contributed by atoms with Gasteiger partial charge in [-0.05, 0) is 52.3 Å². The smallest absolute Gasteiger partial charge is 0.409 e. The van der Waals surface area contributed by atoms with Crippen molar-refractivity contribution in [3.63, 3.8) is 0 Å². The Hall–Kier alpha value is -1.38. The van der Waals surface area contributed by atoms with Crippen molar-refractivity contribution in [1.29, 1.82) is 0 Å². The number of nitrogens with zero attached hydrogens (tertiary/aromatic N) is 1. The maximum atomic E-state index is 13.5. The van der Waals surface area contributed by atoms with Crippen LogP contribution in [0.2, 0.25) is 0 Å². The van der Waals surface area contributed by atoms with Gasteiger partial charge >= 0.3 is 13.7 Å². The molecule has 0 aliphatic carbocycles. The first-order chi connectivity index (χ1) is 13.0. The number of anilines is 1. The molecule has 1 amide bonds. The molecule has 1 aliphatic heterocycles. The van der Waals surface area contributed by atoms with Crippen LogP contribution in [0.1, 0.15) is 44.5 Å². The molecule has 0 radical (unpaired) electrons. The summed E-state index contributed by atoms with van der Waals surface area (Å²) in [6.07, 6.45) is -0.362. The van der Waals surface area contributed by atoms with E-state index in [1.54, 1.807) is 39.8 Å². The number of benzene rings is 1. The maximum absolute atomic E-state index is 13.5. The summed E-state index contributed by atoms with van der Waals surface area (Å²) >= 11 is 4.46. The third-order valence-electron chi connectivity index (χ3n) is 3.94. The number of carbonyl (C=O) groups excluding carboxylic acids is 1. The van der Waals surface area contributed by atoms with Crippen LogP contribution >= 0.6 is 20.4 Å². The zero-order chi connectivity index (χ0) is 21.1. The third kappa shape index (κ3) is 5.81. The summed E-state index contributed by atoms with van der Waals surface area (Å²) in [5, 5.41) is 11.6. The van der Waals surface area contributed by atoms with Crippen LogP contribution < -0.4 is 5.32 Å². The summed E-state index contributed by atoms with van der Waals surface area (Å²) in [5.41, 5.74) is 0.405. The molecule has 156 valence electrons. The number of thiol groups is 1. The lowest BCUT2D eigenvalue weighted by Crippen LogP contribution is -2.39. The second kappa shape index (κ2) is 9.41. The van der Waals surface area contributed by atoms with Gasteiger partial charge < -0.3 is 10.4 Å². The fourth-order valence-corrected chi connectivity index (χ4v) is 5.74. The van der Waals surface area contributed by atoms with Crippen LogP contribution in [0.15, 0.2) is 24.3 Å². The van der Waals surface area contributed by atoms with Gasteiger partial charge in [0.1, 0.15) is 6.04 Å². The molecule has 28 heavy (non-hydrogen) atoms. The summed E-state index contributed by atoms with van der Waals surface area (Å²) in [7, 11) is -3.73. The average Bonchev–Trinajstić information content (AvgIpc) is 2.96. The van der Waals surface area contributed by atoms with Crippen LogP contribution in [0.3, 0.4) is 0 Å². The number of carboxylic acids is 1. The zero-order valence-electron chi connectivity index (χ0n) is 16.4. The van der Waals surface area contributed by atoms with Gasteiger partial charge in [0.05, 0.1) is 17.8 Å². The molecule has 0 aromatic heterocycles. The summed E-state index contributed by atoms with van der Waals surface area (Å²) in [6.45, 7) is 7.26. The monoisotopic (exact) mass is 430 g/mol. The number of carboxylic acid groups (broad SMARTS) is 1. The van der Waals surface area contributed by atoms with Crippen LogP contribution in [0.5, 0.6) is 0 Å². The van der Waals surface area contributed by atoms with E-state index in [1.165, 1.54) is 16.8 Å². The Kier molecular flexibility index (Phi) is 7.70. The standard InChI is InChI=1S/C18H27N2O6PS/c1-11(2)25-27(24,26-12(3)4)20-10-15(28)9-16(20)17(21)19-14-7-5-6-13(8-14)18(22)23/h5-8,11-12,15-16,28H,9-10H2,1-4H3,(H,19,21)(H,22,23)/t15-,16-/m0/s1. The molecule has 1 aliphatic rings. The first-order valence-corrected chi connectivity index (χ1v) is 11.1. The molecule has 10 heteroatoms. The van der Waals surface area contributed by atoms with E-state index >= 15 is 0 Å². The molecule has 0 unspecified atom stereocenters. The number of amides is 1. The Morgan fingerprint density at radius 1 is 1.25 bits per heavy atom. The molecule has 1 heterocycles. The predicted octanol–water partition coefficient (Wildman–Crippen LogP) is 3.65. The van der Waals surface area contributed by atoms with E-state index in [-0.39, 0.29) is 29.6 Å². The summed E-state index contributed by atoms with van der Waals surface area (Å²) in [4.78, 5) is 24.0. The third-order valence-corrected chi connectivity index (χ3v) is 6.76. The van der Waals surface area contributed by atoms with E-state index in [0.29, 0.717) is 12.1 Å². The Bertz CT molecular complexity index is 758. The molecule has 1 aromatic rings. The van der Waals surface area contributed by atoms with Gasteiger partial charge in [-0.1, -0.05) is 6.07 Å². The van der Waals surface area contributed by atoms with Gasteiger partial charge in [0.15, 0.2) is 0 Å².